The summed E-state index contributed by atoms with van der Waals surface area (Å²) in [6.07, 6.45) is 5.96. The third-order valence-corrected chi connectivity index (χ3v) is 8.86. The predicted molar refractivity (Wildman–Crippen MR) is 136 cm³/mol. The summed E-state index contributed by atoms with van der Waals surface area (Å²) in [4.78, 5) is 0. The smallest absolute Gasteiger partial charge is 0.357 e. The Morgan fingerprint density at radius 1 is 0.667 bits per heavy atom. The van der Waals surface area contributed by atoms with E-state index in [9.17, 15) is 13.0 Å². The van der Waals surface area contributed by atoms with Gasteiger partial charge in [0.05, 0.1) is 10.1 Å². The second-order valence-corrected chi connectivity index (χ2v) is 15.2. The van der Waals surface area contributed by atoms with E-state index < -0.39 is 10.1 Å². The highest BCUT2D eigenvalue weighted by Gasteiger charge is 2.20. The third kappa shape index (κ3) is 13.5. The first-order valence-corrected chi connectivity index (χ1v) is 15.8. The first-order valence-electron chi connectivity index (χ1n) is 12.0. The second kappa shape index (κ2) is 13.8. The highest BCUT2D eigenvalue weighted by atomic mass is 127. The summed E-state index contributed by atoms with van der Waals surface area (Å²) in [5.41, 5.74) is 3.31. The largest absolute Gasteiger partial charge is 0.748 e. The van der Waals surface area contributed by atoms with Gasteiger partial charge in [0.15, 0.2) is 7.14 Å². The lowest BCUT2D eigenvalue weighted by Crippen LogP contribution is -3.61. The van der Waals surface area contributed by atoms with E-state index in [4.69, 9.17) is 0 Å². The zero-order valence-corrected chi connectivity index (χ0v) is 24.6. The van der Waals surface area contributed by atoms with Crippen molar-refractivity contribution in [2.75, 3.05) is 5.75 Å². The van der Waals surface area contributed by atoms with Crippen LogP contribution in [0.2, 0.25) is 0 Å². The highest BCUT2D eigenvalue weighted by Crippen LogP contribution is 2.21. The minimum atomic E-state index is -3.97. The Morgan fingerprint density at radius 2 is 1.03 bits per heavy atom. The maximum absolute atomic E-state index is 10.2. The zero-order valence-electron chi connectivity index (χ0n) is 21.6. The molecule has 0 unspecified atom stereocenters. The van der Waals surface area contributed by atoms with Gasteiger partial charge in [-0.1, -0.05) is 105 Å². The molecule has 0 saturated heterocycles. The van der Waals surface area contributed by atoms with Crippen molar-refractivity contribution in [3.05, 3.63) is 66.8 Å². The molecule has 0 radical (unpaired) electrons. The fourth-order valence-corrected chi connectivity index (χ4v) is 5.93. The minimum Gasteiger partial charge on any atom is -0.748 e. The maximum atomic E-state index is 10.2. The summed E-state index contributed by atoms with van der Waals surface area (Å²) in [6.45, 7) is 15.7. The number of benzene rings is 2. The van der Waals surface area contributed by atoms with Crippen LogP contribution < -0.4 is 21.2 Å². The van der Waals surface area contributed by atoms with E-state index in [1.165, 1.54) is 31.1 Å². The Kier molecular flexibility index (Phi) is 12.6. The van der Waals surface area contributed by atoms with Gasteiger partial charge in [0.25, 0.3) is 0 Å². The molecule has 3 nitrogen and oxygen atoms in total. The maximum Gasteiger partial charge on any atom is 0.357 e. The van der Waals surface area contributed by atoms with Crippen molar-refractivity contribution in [2.45, 2.75) is 97.8 Å². The van der Waals surface area contributed by atoms with Gasteiger partial charge in [0, 0.05) is 5.75 Å². The Balaban J connectivity index is 0.000000389. The standard InChI is InChI=1S/C20H26I.C8H18O3S/c1-19(2,3)15-7-11-17(12-8-15)21-18-13-9-16(10-14-18)20(4,5)6;1-2-3-4-5-6-7-8-12(9,10)11/h7-14H,1-6H3;2-8H2,1H3,(H,9,10,11)/q+1;/p-1. The van der Waals surface area contributed by atoms with Crippen LogP contribution in [0, 0.1) is 7.14 Å². The van der Waals surface area contributed by atoms with Gasteiger partial charge in [-0.25, -0.2) is 8.42 Å². The summed E-state index contributed by atoms with van der Waals surface area (Å²) in [5, 5.41) is 0. The van der Waals surface area contributed by atoms with Crippen molar-refractivity contribution >= 4 is 10.1 Å². The van der Waals surface area contributed by atoms with Crippen molar-refractivity contribution < 1.29 is 34.2 Å². The van der Waals surface area contributed by atoms with Crippen LogP contribution in [0.25, 0.3) is 0 Å². The molecule has 5 heteroatoms. The van der Waals surface area contributed by atoms with Gasteiger partial charge in [-0.2, -0.15) is 0 Å². The fourth-order valence-electron chi connectivity index (χ4n) is 3.21. The van der Waals surface area contributed by atoms with E-state index in [1.54, 1.807) is 0 Å². The molecule has 0 atom stereocenters. The normalized spacial score (nSPS) is 12.2. The molecule has 33 heavy (non-hydrogen) atoms. The van der Waals surface area contributed by atoms with E-state index in [1.807, 2.05) is 0 Å². The molecular formula is C28H43IO3S. The van der Waals surface area contributed by atoms with Gasteiger partial charge < -0.3 is 4.55 Å². The third-order valence-electron chi connectivity index (χ3n) is 5.39. The predicted octanol–water partition coefficient (Wildman–Crippen LogP) is 4.30. The first-order chi connectivity index (χ1) is 15.2. The van der Waals surface area contributed by atoms with E-state index in [0.29, 0.717) is 6.42 Å². The van der Waals surface area contributed by atoms with Crippen LogP contribution in [0.1, 0.15) is 98.1 Å². The molecule has 0 N–H and O–H groups in total. The van der Waals surface area contributed by atoms with E-state index >= 15 is 0 Å². The average Bonchev–Trinajstić information content (AvgIpc) is 2.70. The van der Waals surface area contributed by atoms with Crippen LogP contribution in [0.5, 0.6) is 0 Å². The second-order valence-electron chi connectivity index (χ2n) is 10.6. The molecule has 0 spiro atoms. The fraction of sp³-hybridized carbons (Fsp3) is 0.571. The minimum absolute atomic E-state index is 0.0703. The zero-order chi connectivity index (χ0) is 25.1. The summed E-state index contributed by atoms with van der Waals surface area (Å²) in [6, 6.07) is 18.4. The van der Waals surface area contributed by atoms with Crippen molar-refractivity contribution in [2.24, 2.45) is 0 Å². The summed E-state index contributed by atoms with van der Waals surface area (Å²) in [7, 11) is -3.97. The van der Waals surface area contributed by atoms with Crippen molar-refractivity contribution in [1.82, 2.24) is 0 Å². The molecule has 186 valence electrons. The Bertz CT molecular complexity index is 848. The number of halogens is 1. The molecule has 0 aromatic heterocycles. The van der Waals surface area contributed by atoms with Gasteiger partial charge >= 0.3 is 21.2 Å². The van der Waals surface area contributed by atoms with E-state index in [2.05, 4.69) is 97.0 Å². The molecule has 0 aliphatic heterocycles. The molecule has 2 rings (SSSR count). The first kappa shape index (κ1) is 30.1. The van der Waals surface area contributed by atoms with E-state index in [0.717, 1.165) is 19.3 Å². The van der Waals surface area contributed by atoms with Gasteiger partial charge in [-0.05, 0) is 52.6 Å². The molecule has 0 bridgehead atoms. The quantitative estimate of drug-likeness (QED) is 0.250. The average molecular weight is 587 g/mol. The molecule has 0 amide bonds. The lowest BCUT2D eigenvalue weighted by Gasteiger charge is -2.18. The number of rotatable bonds is 9. The molecule has 2 aromatic carbocycles. The molecule has 0 aliphatic rings. The van der Waals surface area contributed by atoms with Crippen LogP contribution in [-0.2, 0) is 20.9 Å². The number of hydrogen-bond donors (Lipinski definition) is 0. The Hall–Kier alpha value is -0.920. The summed E-state index contributed by atoms with van der Waals surface area (Å²) >= 11 is -0.0703. The number of hydrogen-bond acceptors (Lipinski definition) is 3. The van der Waals surface area contributed by atoms with Crippen LogP contribution in [0.4, 0.5) is 0 Å². The van der Waals surface area contributed by atoms with Crippen molar-refractivity contribution in [3.8, 4) is 0 Å². The monoisotopic (exact) mass is 586 g/mol. The van der Waals surface area contributed by atoms with Crippen LogP contribution in [-0.4, -0.2) is 18.7 Å². The van der Waals surface area contributed by atoms with Gasteiger partial charge in [-0.3, -0.25) is 0 Å². The van der Waals surface area contributed by atoms with E-state index in [-0.39, 0.29) is 37.8 Å². The van der Waals surface area contributed by atoms with Crippen LogP contribution in [0.15, 0.2) is 48.5 Å². The molecule has 2 aromatic rings. The molecule has 0 heterocycles. The molecule has 0 fully saturated rings. The molecule has 0 aliphatic carbocycles. The molecule has 0 saturated carbocycles. The lowest BCUT2D eigenvalue weighted by atomic mass is 9.87. The summed E-state index contributed by atoms with van der Waals surface area (Å²) in [5.74, 6) is -0.195. The lowest BCUT2D eigenvalue weighted by molar-refractivity contribution is -0.597. The summed E-state index contributed by atoms with van der Waals surface area (Å²) < 4.78 is 33.5. The SMILES string of the molecule is CC(C)(C)c1ccc([I+]c2ccc(C(C)(C)C)cc2)cc1.CCCCCCCCS(=O)(=O)[O-]. The van der Waals surface area contributed by atoms with Crippen LogP contribution in [0.3, 0.4) is 0 Å². The van der Waals surface area contributed by atoms with Gasteiger partial charge in [0.2, 0.25) is 0 Å². The Labute approximate surface area is 213 Å². The van der Waals surface area contributed by atoms with Crippen LogP contribution >= 0.6 is 0 Å². The Morgan fingerprint density at radius 3 is 1.36 bits per heavy atom. The highest BCUT2D eigenvalue weighted by molar-refractivity contribution is 7.85. The topological polar surface area (TPSA) is 57.2 Å². The van der Waals surface area contributed by atoms with Gasteiger partial charge in [-0.15, -0.1) is 0 Å². The van der Waals surface area contributed by atoms with Gasteiger partial charge in [0.1, 0.15) is 0 Å². The van der Waals surface area contributed by atoms with Crippen molar-refractivity contribution in [3.63, 3.8) is 0 Å². The van der Waals surface area contributed by atoms with Crippen molar-refractivity contribution in [1.29, 1.82) is 0 Å². The number of unbranched alkanes of at least 4 members (excludes halogenated alkanes) is 5. The molecular weight excluding hydrogens is 543 g/mol.